The highest BCUT2D eigenvalue weighted by atomic mass is 19.1. The maximum absolute atomic E-state index is 13.8. The fourth-order valence-electron chi connectivity index (χ4n) is 1.57. The molecule has 0 bridgehead atoms. The molecule has 7 heteroatoms. The highest BCUT2D eigenvalue weighted by Crippen LogP contribution is 2.24. The highest BCUT2D eigenvalue weighted by molar-refractivity contribution is 5.39. The molecule has 0 atom stereocenters. The molecule has 0 fully saturated rings. The van der Waals surface area contributed by atoms with Gasteiger partial charge in [-0.2, -0.15) is 10.2 Å². The van der Waals surface area contributed by atoms with Crippen LogP contribution in [-0.2, 0) is 11.3 Å². The van der Waals surface area contributed by atoms with Gasteiger partial charge in [0.05, 0.1) is 11.6 Å². The molecule has 2 aromatic rings. The van der Waals surface area contributed by atoms with E-state index in [9.17, 15) is 4.39 Å². The number of nitriles is 1. The summed E-state index contributed by atoms with van der Waals surface area (Å²) in [4.78, 5) is 8.07. The fourth-order valence-corrected chi connectivity index (χ4v) is 1.57. The SMILES string of the molecule is CCOCc1nc(N)cc(Oc2ccc(C#N)cc2F)n1. The van der Waals surface area contributed by atoms with Crippen LogP contribution in [0.15, 0.2) is 24.3 Å². The topological polar surface area (TPSA) is 94.0 Å². The molecule has 0 aliphatic carbocycles. The second-order valence-electron chi connectivity index (χ2n) is 4.04. The number of rotatable bonds is 5. The molecule has 0 saturated heterocycles. The average Bonchev–Trinajstić information content (AvgIpc) is 2.46. The molecule has 1 aromatic heterocycles. The third-order valence-electron chi connectivity index (χ3n) is 2.48. The zero-order chi connectivity index (χ0) is 15.2. The van der Waals surface area contributed by atoms with Gasteiger partial charge in [-0.25, -0.2) is 9.37 Å². The second-order valence-corrected chi connectivity index (χ2v) is 4.04. The maximum atomic E-state index is 13.8. The summed E-state index contributed by atoms with van der Waals surface area (Å²) in [5.74, 6) is -0.0440. The number of halogens is 1. The molecule has 6 nitrogen and oxygen atoms in total. The van der Waals surface area contributed by atoms with E-state index in [-0.39, 0.29) is 29.6 Å². The van der Waals surface area contributed by atoms with Gasteiger partial charge in [0.25, 0.3) is 0 Å². The normalized spacial score (nSPS) is 10.1. The predicted octanol–water partition coefficient (Wildman–Crippen LogP) is 2.40. The van der Waals surface area contributed by atoms with Crippen molar-refractivity contribution in [1.82, 2.24) is 9.97 Å². The number of hydrogen-bond acceptors (Lipinski definition) is 6. The summed E-state index contributed by atoms with van der Waals surface area (Å²) in [7, 11) is 0. The zero-order valence-electron chi connectivity index (χ0n) is 11.3. The summed E-state index contributed by atoms with van der Waals surface area (Å²) in [6.07, 6.45) is 0. The third kappa shape index (κ3) is 3.87. The largest absolute Gasteiger partial charge is 0.436 e. The van der Waals surface area contributed by atoms with Crippen molar-refractivity contribution in [2.24, 2.45) is 0 Å². The van der Waals surface area contributed by atoms with Crippen LogP contribution in [0.5, 0.6) is 11.6 Å². The van der Waals surface area contributed by atoms with Gasteiger partial charge < -0.3 is 15.2 Å². The summed E-state index contributed by atoms with van der Waals surface area (Å²) in [5.41, 5.74) is 5.85. The van der Waals surface area contributed by atoms with Crippen molar-refractivity contribution in [3.8, 4) is 17.7 Å². The van der Waals surface area contributed by atoms with E-state index in [0.29, 0.717) is 12.4 Å². The molecule has 0 spiro atoms. The average molecular weight is 288 g/mol. The lowest BCUT2D eigenvalue weighted by Crippen LogP contribution is -2.04. The minimum atomic E-state index is -0.655. The van der Waals surface area contributed by atoms with Crippen LogP contribution < -0.4 is 10.5 Å². The summed E-state index contributed by atoms with van der Waals surface area (Å²) < 4.78 is 24.3. The molecule has 108 valence electrons. The first kappa shape index (κ1) is 14.7. The van der Waals surface area contributed by atoms with E-state index in [0.717, 1.165) is 6.07 Å². The molecule has 0 aliphatic rings. The van der Waals surface area contributed by atoms with Crippen molar-refractivity contribution in [3.05, 3.63) is 41.5 Å². The standard InChI is InChI=1S/C14H13FN4O2/c1-2-20-8-13-18-12(17)6-14(19-13)21-11-4-3-9(7-16)5-10(11)15/h3-6H,2,8H2,1H3,(H2,17,18,19). The number of aromatic nitrogens is 2. The number of ether oxygens (including phenoxy) is 2. The molecule has 2 rings (SSSR count). The summed E-state index contributed by atoms with van der Waals surface area (Å²) in [6, 6.07) is 7.11. The van der Waals surface area contributed by atoms with Gasteiger partial charge in [-0.15, -0.1) is 0 Å². The fraction of sp³-hybridized carbons (Fsp3) is 0.214. The Hall–Kier alpha value is -2.72. The Balaban J connectivity index is 2.23. The number of nitrogens with zero attached hydrogens (tertiary/aromatic N) is 3. The van der Waals surface area contributed by atoms with Gasteiger partial charge in [-0.1, -0.05) is 0 Å². The Kier molecular flexibility index (Phi) is 4.64. The minimum absolute atomic E-state index is 0.0468. The molecule has 1 aromatic carbocycles. The molecular formula is C14H13FN4O2. The monoisotopic (exact) mass is 288 g/mol. The Morgan fingerprint density at radius 2 is 2.14 bits per heavy atom. The van der Waals surface area contributed by atoms with Crippen LogP contribution >= 0.6 is 0 Å². The number of hydrogen-bond donors (Lipinski definition) is 1. The van der Waals surface area contributed by atoms with Crippen LogP contribution in [0, 0.1) is 17.1 Å². The van der Waals surface area contributed by atoms with Crippen molar-refractivity contribution in [2.75, 3.05) is 12.3 Å². The minimum Gasteiger partial charge on any atom is -0.436 e. The molecule has 0 aliphatic heterocycles. The molecule has 0 amide bonds. The van der Waals surface area contributed by atoms with Crippen LogP contribution in [0.1, 0.15) is 18.3 Å². The lowest BCUT2D eigenvalue weighted by atomic mass is 10.2. The van der Waals surface area contributed by atoms with Crippen LogP contribution in [0.25, 0.3) is 0 Å². The number of nitrogens with two attached hydrogens (primary N) is 1. The Bertz CT molecular complexity index is 685. The van der Waals surface area contributed by atoms with E-state index in [2.05, 4.69) is 9.97 Å². The van der Waals surface area contributed by atoms with Crippen LogP contribution in [0.4, 0.5) is 10.2 Å². The van der Waals surface area contributed by atoms with Gasteiger partial charge in [0, 0.05) is 12.7 Å². The van der Waals surface area contributed by atoms with Crippen molar-refractivity contribution < 1.29 is 13.9 Å². The Morgan fingerprint density at radius 3 is 2.81 bits per heavy atom. The van der Waals surface area contributed by atoms with Gasteiger partial charge >= 0.3 is 0 Å². The third-order valence-corrected chi connectivity index (χ3v) is 2.48. The van der Waals surface area contributed by atoms with E-state index in [4.69, 9.17) is 20.5 Å². The van der Waals surface area contributed by atoms with Gasteiger partial charge in [0.2, 0.25) is 5.88 Å². The van der Waals surface area contributed by atoms with Crippen molar-refractivity contribution in [3.63, 3.8) is 0 Å². The Morgan fingerprint density at radius 1 is 1.33 bits per heavy atom. The maximum Gasteiger partial charge on any atom is 0.224 e. The van der Waals surface area contributed by atoms with Crippen LogP contribution in [0.2, 0.25) is 0 Å². The van der Waals surface area contributed by atoms with E-state index in [1.165, 1.54) is 18.2 Å². The second kappa shape index (κ2) is 6.63. The number of nitrogen functional groups attached to an aromatic ring is 1. The van der Waals surface area contributed by atoms with Crippen molar-refractivity contribution in [2.45, 2.75) is 13.5 Å². The van der Waals surface area contributed by atoms with Gasteiger partial charge in [0.15, 0.2) is 17.4 Å². The first-order chi connectivity index (χ1) is 10.1. The molecule has 21 heavy (non-hydrogen) atoms. The Labute approximate surface area is 121 Å². The van der Waals surface area contributed by atoms with Crippen LogP contribution in [-0.4, -0.2) is 16.6 Å². The van der Waals surface area contributed by atoms with E-state index in [1.807, 2.05) is 13.0 Å². The van der Waals surface area contributed by atoms with Gasteiger partial charge in [-0.05, 0) is 25.1 Å². The first-order valence-electron chi connectivity index (χ1n) is 6.21. The predicted molar refractivity (Wildman–Crippen MR) is 73.0 cm³/mol. The smallest absolute Gasteiger partial charge is 0.224 e. The highest BCUT2D eigenvalue weighted by Gasteiger charge is 2.09. The zero-order valence-corrected chi connectivity index (χ0v) is 11.3. The molecule has 0 saturated carbocycles. The lowest BCUT2D eigenvalue weighted by molar-refractivity contribution is 0.128. The molecule has 0 radical (unpaired) electrons. The first-order valence-corrected chi connectivity index (χ1v) is 6.21. The lowest BCUT2D eigenvalue weighted by Gasteiger charge is -2.08. The van der Waals surface area contributed by atoms with Crippen LogP contribution in [0.3, 0.4) is 0 Å². The van der Waals surface area contributed by atoms with Crippen molar-refractivity contribution in [1.29, 1.82) is 5.26 Å². The molecule has 1 heterocycles. The molecular weight excluding hydrogens is 275 g/mol. The number of anilines is 1. The molecule has 2 N–H and O–H groups in total. The summed E-state index contributed by atoms with van der Waals surface area (Å²) in [6.45, 7) is 2.54. The quantitative estimate of drug-likeness (QED) is 0.907. The number of benzene rings is 1. The van der Waals surface area contributed by atoms with E-state index < -0.39 is 5.82 Å². The van der Waals surface area contributed by atoms with E-state index in [1.54, 1.807) is 0 Å². The van der Waals surface area contributed by atoms with Gasteiger partial charge in [-0.3, -0.25) is 0 Å². The van der Waals surface area contributed by atoms with Crippen molar-refractivity contribution >= 4 is 5.82 Å². The van der Waals surface area contributed by atoms with Gasteiger partial charge in [0.1, 0.15) is 12.4 Å². The van der Waals surface area contributed by atoms with E-state index >= 15 is 0 Å². The summed E-state index contributed by atoms with van der Waals surface area (Å²) in [5, 5.41) is 8.69. The molecule has 0 unspecified atom stereocenters. The summed E-state index contributed by atoms with van der Waals surface area (Å²) >= 11 is 0.